The van der Waals surface area contributed by atoms with Crippen LogP contribution in [0.15, 0.2) is 24.3 Å². The molecule has 0 aromatic carbocycles. The highest BCUT2D eigenvalue weighted by atomic mass is 16.5. The second-order valence-electron chi connectivity index (χ2n) is 4.68. The van der Waals surface area contributed by atoms with E-state index in [9.17, 15) is 0 Å². The van der Waals surface area contributed by atoms with Gasteiger partial charge in [0, 0.05) is 0 Å². The number of rotatable bonds is 4. The fourth-order valence-electron chi connectivity index (χ4n) is 0.812. The number of ether oxygens (including phenoxy) is 1. The van der Waals surface area contributed by atoms with E-state index in [1.54, 1.807) is 0 Å². The SMILES string of the molecule is C=C(C)C(C)(C)OC(C)(C)C(=C)C. The Hall–Kier alpha value is -0.560. The molecule has 0 unspecified atom stereocenters. The van der Waals surface area contributed by atoms with E-state index >= 15 is 0 Å². The van der Waals surface area contributed by atoms with Gasteiger partial charge in [0.05, 0.1) is 11.2 Å². The van der Waals surface area contributed by atoms with Gasteiger partial charge in [0.25, 0.3) is 0 Å². The molecule has 13 heavy (non-hydrogen) atoms. The topological polar surface area (TPSA) is 9.23 Å². The molecule has 0 heterocycles. The summed E-state index contributed by atoms with van der Waals surface area (Å²) in [5.41, 5.74) is 1.48. The summed E-state index contributed by atoms with van der Waals surface area (Å²) < 4.78 is 5.95. The van der Waals surface area contributed by atoms with Gasteiger partial charge in [0.1, 0.15) is 0 Å². The Morgan fingerprint density at radius 2 is 1.08 bits per heavy atom. The normalized spacial score (nSPS) is 12.8. The quantitative estimate of drug-likeness (QED) is 0.602. The van der Waals surface area contributed by atoms with Crippen LogP contribution in [0, 0.1) is 0 Å². The molecular formula is C12H22O. The van der Waals surface area contributed by atoms with Crippen molar-refractivity contribution in [2.24, 2.45) is 0 Å². The smallest absolute Gasteiger partial charge is 0.0841 e. The lowest BCUT2D eigenvalue weighted by molar-refractivity contribution is -0.0807. The first kappa shape index (κ1) is 12.4. The predicted molar refractivity (Wildman–Crippen MR) is 58.9 cm³/mol. The zero-order valence-electron chi connectivity index (χ0n) is 9.82. The average molecular weight is 182 g/mol. The second-order valence-corrected chi connectivity index (χ2v) is 4.68. The minimum absolute atomic E-state index is 0.289. The van der Waals surface area contributed by atoms with E-state index in [1.165, 1.54) is 0 Å². The molecule has 0 N–H and O–H groups in total. The Morgan fingerprint density at radius 1 is 0.846 bits per heavy atom. The molecule has 0 saturated carbocycles. The summed E-state index contributed by atoms with van der Waals surface area (Å²) in [6.45, 7) is 19.9. The Labute approximate surface area is 82.5 Å². The average Bonchev–Trinajstić information content (AvgIpc) is 1.83. The molecule has 0 saturated heterocycles. The maximum Gasteiger partial charge on any atom is 0.0841 e. The van der Waals surface area contributed by atoms with Crippen molar-refractivity contribution in [3.8, 4) is 0 Å². The molecular weight excluding hydrogens is 160 g/mol. The highest BCUT2D eigenvalue weighted by Gasteiger charge is 2.30. The van der Waals surface area contributed by atoms with Gasteiger partial charge in [0.2, 0.25) is 0 Å². The van der Waals surface area contributed by atoms with Gasteiger partial charge in [-0.2, -0.15) is 0 Å². The molecule has 1 nitrogen and oxygen atoms in total. The van der Waals surface area contributed by atoms with Gasteiger partial charge in [-0.15, -0.1) is 0 Å². The van der Waals surface area contributed by atoms with Crippen molar-refractivity contribution in [3.63, 3.8) is 0 Å². The molecule has 1 heteroatoms. The summed E-state index contributed by atoms with van der Waals surface area (Å²) in [7, 11) is 0. The predicted octanol–water partition coefficient (Wildman–Crippen LogP) is 3.71. The Morgan fingerprint density at radius 3 is 1.23 bits per heavy atom. The van der Waals surface area contributed by atoms with Crippen LogP contribution in [0.3, 0.4) is 0 Å². The summed E-state index contributed by atoms with van der Waals surface area (Å²) in [5.74, 6) is 0. The van der Waals surface area contributed by atoms with Crippen molar-refractivity contribution in [2.75, 3.05) is 0 Å². The maximum atomic E-state index is 5.95. The van der Waals surface area contributed by atoms with Crippen molar-refractivity contribution < 1.29 is 4.74 Å². The molecule has 0 bridgehead atoms. The number of hydrogen-bond acceptors (Lipinski definition) is 1. The Balaban J connectivity index is 4.61. The van der Waals surface area contributed by atoms with Crippen molar-refractivity contribution in [1.82, 2.24) is 0 Å². The van der Waals surface area contributed by atoms with Crippen molar-refractivity contribution >= 4 is 0 Å². The van der Waals surface area contributed by atoms with Crippen LogP contribution < -0.4 is 0 Å². The zero-order valence-corrected chi connectivity index (χ0v) is 9.82. The molecule has 0 radical (unpaired) electrons. The Bertz CT molecular complexity index is 197. The van der Waals surface area contributed by atoms with Gasteiger partial charge < -0.3 is 4.74 Å². The second kappa shape index (κ2) is 3.67. The van der Waals surface area contributed by atoms with Crippen LogP contribution >= 0.6 is 0 Å². The fourth-order valence-corrected chi connectivity index (χ4v) is 0.812. The van der Waals surface area contributed by atoms with E-state index in [-0.39, 0.29) is 11.2 Å². The van der Waals surface area contributed by atoms with E-state index in [2.05, 4.69) is 13.2 Å². The van der Waals surface area contributed by atoms with Crippen LogP contribution in [0.5, 0.6) is 0 Å². The first-order valence-corrected chi connectivity index (χ1v) is 4.62. The summed E-state index contributed by atoms with van der Waals surface area (Å²) in [5, 5.41) is 0. The first-order chi connectivity index (χ1) is 5.59. The molecule has 0 aliphatic carbocycles. The molecule has 0 aromatic heterocycles. The van der Waals surface area contributed by atoms with Crippen LogP contribution in [0.1, 0.15) is 41.5 Å². The Kier molecular flexibility index (Phi) is 3.51. The van der Waals surface area contributed by atoms with Crippen LogP contribution in [0.25, 0.3) is 0 Å². The standard InChI is InChI=1S/C12H22O/c1-9(2)11(5,6)13-12(7,8)10(3)4/h1,3H2,2,4-8H3. The van der Waals surface area contributed by atoms with Crippen molar-refractivity contribution in [3.05, 3.63) is 24.3 Å². The minimum Gasteiger partial charge on any atom is -0.361 e. The third-order valence-corrected chi connectivity index (χ3v) is 2.57. The molecule has 0 fully saturated rings. The molecule has 0 aromatic rings. The van der Waals surface area contributed by atoms with Gasteiger partial charge in [-0.25, -0.2) is 0 Å². The van der Waals surface area contributed by atoms with E-state index in [0.29, 0.717) is 0 Å². The molecule has 0 rings (SSSR count). The lowest BCUT2D eigenvalue weighted by Crippen LogP contribution is -2.38. The molecule has 76 valence electrons. The molecule has 0 atom stereocenters. The fraction of sp³-hybridized carbons (Fsp3) is 0.667. The van der Waals surface area contributed by atoms with Gasteiger partial charge >= 0.3 is 0 Å². The molecule has 0 aliphatic rings. The first-order valence-electron chi connectivity index (χ1n) is 4.62. The van der Waals surface area contributed by atoms with Gasteiger partial charge in [-0.05, 0) is 52.7 Å². The molecule has 0 aliphatic heterocycles. The highest BCUT2D eigenvalue weighted by molar-refractivity contribution is 5.12. The van der Waals surface area contributed by atoms with E-state index < -0.39 is 0 Å². The minimum atomic E-state index is -0.289. The molecule has 0 spiro atoms. The lowest BCUT2D eigenvalue weighted by atomic mass is 9.96. The van der Waals surface area contributed by atoms with Gasteiger partial charge in [0.15, 0.2) is 0 Å². The third kappa shape index (κ3) is 3.35. The monoisotopic (exact) mass is 182 g/mol. The third-order valence-electron chi connectivity index (χ3n) is 2.57. The largest absolute Gasteiger partial charge is 0.361 e. The maximum absolute atomic E-state index is 5.95. The van der Waals surface area contributed by atoms with Crippen LogP contribution in [0.4, 0.5) is 0 Å². The van der Waals surface area contributed by atoms with E-state index in [1.807, 2.05) is 41.5 Å². The zero-order chi connectivity index (χ0) is 10.9. The van der Waals surface area contributed by atoms with E-state index in [0.717, 1.165) is 11.1 Å². The van der Waals surface area contributed by atoms with Crippen molar-refractivity contribution in [1.29, 1.82) is 0 Å². The summed E-state index contributed by atoms with van der Waals surface area (Å²) in [4.78, 5) is 0. The summed E-state index contributed by atoms with van der Waals surface area (Å²) in [6.07, 6.45) is 0. The van der Waals surface area contributed by atoms with Crippen LogP contribution in [-0.2, 0) is 4.74 Å². The lowest BCUT2D eigenvalue weighted by Gasteiger charge is -2.37. The number of hydrogen-bond donors (Lipinski definition) is 0. The molecule has 0 amide bonds. The van der Waals surface area contributed by atoms with Gasteiger partial charge in [-0.3, -0.25) is 0 Å². The highest BCUT2D eigenvalue weighted by Crippen LogP contribution is 2.29. The van der Waals surface area contributed by atoms with Crippen molar-refractivity contribution in [2.45, 2.75) is 52.7 Å². The van der Waals surface area contributed by atoms with Crippen LogP contribution in [0.2, 0.25) is 0 Å². The van der Waals surface area contributed by atoms with Crippen LogP contribution in [-0.4, -0.2) is 11.2 Å². The summed E-state index contributed by atoms with van der Waals surface area (Å²) >= 11 is 0. The summed E-state index contributed by atoms with van der Waals surface area (Å²) in [6, 6.07) is 0. The van der Waals surface area contributed by atoms with E-state index in [4.69, 9.17) is 4.74 Å². The van der Waals surface area contributed by atoms with Gasteiger partial charge in [-0.1, -0.05) is 13.2 Å².